The van der Waals surface area contributed by atoms with Gasteiger partial charge < -0.3 is 0 Å². The number of nitrogens with zero attached hydrogens (tertiary/aromatic N) is 1. The number of rotatable bonds is 5. The first kappa shape index (κ1) is 15.7. The van der Waals surface area contributed by atoms with E-state index in [1.54, 1.807) is 0 Å². The van der Waals surface area contributed by atoms with Gasteiger partial charge in [-0.15, -0.1) is 0 Å². The van der Waals surface area contributed by atoms with E-state index in [2.05, 4.69) is 71.3 Å². The number of hydrogen-bond donors (Lipinski definition) is 0. The maximum absolute atomic E-state index is 4.67. The highest BCUT2D eigenvalue weighted by Crippen LogP contribution is 2.34. The third-order valence-corrected chi connectivity index (χ3v) is 3.88. The van der Waals surface area contributed by atoms with Crippen molar-refractivity contribution in [3.05, 3.63) is 41.5 Å². The Balaban J connectivity index is 3.12. The van der Waals surface area contributed by atoms with Crippen LogP contribution >= 0.6 is 0 Å². The second-order valence-corrected chi connectivity index (χ2v) is 6.00. The van der Waals surface area contributed by atoms with Gasteiger partial charge in [-0.3, -0.25) is 4.99 Å². The summed E-state index contributed by atoms with van der Waals surface area (Å²) in [4.78, 5) is 4.67. The van der Waals surface area contributed by atoms with Crippen LogP contribution in [-0.4, -0.2) is 5.71 Å². The molecule has 0 spiro atoms. The quantitative estimate of drug-likeness (QED) is 0.471. The summed E-state index contributed by atoms with van der Waals surface area (Å²) in [6.07, 6.45) is 2.22. The molecule has 1 rings (SSSR count). The van der Waals surface area contributed by atoms with Crippen LogP contribution in [0.2, 0.25) is 0 Å². The minimum Gasteiger partial charge on any atom is -0.258 e. The lowest BCUT2D eigenvalue weighted by molar-refractivity contribution is 0.622. The van der Waals surface area contributed by atoms with E-state index in [4.69, 9.17) is 0 Å². The minimum atomic E-state index is 0.0186. The first-order chi connectivity index (χ1) is 8.78. The largest absolute Gasteiger partial charge is 0.258 e. The van der Waals surface area contributed by atoms with Gasteiger partial charge in [0.1, 0.15) is 0 Å². The second kappa shape index (κ2) is 6.18. The molecule has 0 radical (unpaired) electrons. The van der Waals surface area contributed by atoms with Crippen molar-refractivity contribution >= 4 is 11.4 Å². The van der Waals surface area contributed by atoms with Crippen LogP contribution in [0.3, 0.4) is 0 Å². The van der Waals surface area contributed by atoms with Crippen molar-refractivity contribution in [2.75, 3.05) is 0 Å². The Labute approximate surface area is 118 Å². The van der Waals surface area contributed by atoms with Crippen molar-refractivity contribution in [3.8, 4) is 0 Å². The normalized spacial score (nSPS) is 12.6. The summed E-state index contributed by atoms with van der Waals surface area (Å²) in [6.45, 7) is 17.1. The number of allylic oxidation sites excluding steroid dienone is 1. The van der Waals surface area contributed by atoms with Gasteiger partial charge in [-0.2, -0.15) is 0 Å². The topological polar surface area (TPSA) is 12.4 Å². The van der Waals surface area contributed by atoms with Crippen LogP contribution in [0.4, 0.5) is 5.69 Å². The standard InChI is InChI=1S/C18H27N/c1-8-9-15(5)19-16-10-11-17(14(4)12-16)18(6,7)13(2)3/h10-12H,2,8-9H2,1,3-7H3. The molecule has 0 N–H and O–H groups in total. The van der Waals surface area contributed by atoms with E-state index in [9.17, 15) is 0 Å². The average Bonchev–Trinajstić information content (AvgIpc) is 2.28. The number of benzene rings is 1. The maximum atomic E-state index is 4.67. The molecule has 104 valence electrons. The Morgan fingerprint density at radius 3 is 2.37 bits per heavy atom. The highest BCUT2D eigenvalue weighted by molar-refractivity contribution is 5.84. The van der Waals surface area contributed by atoms with E-state index in [1.807, 2.05) is 0 Å². The van der Waals surface area contributed by atoms with Crippen LogP contribution < -0.4 is 0 Å². The van der Waals surface area contributed by atoms with E-state index in [0.29, 0.717) is 0 Å². The molecule has 1 heteroatoms. The van der Waals surface area contributed by atoms with Crippen molar-refractivity contribution in [1.82, 2.24) is 0 Å². The molecule has 0 aliphatic carbocycles. The number of aryl methyl sites for hydroxylation is 1. The fourth-order valence-electron chi connectivity index (χ4n) is 2.29. The second-order valence-electron chi connectivity index (χ2n) is 6.00. The summed E-state index contributed by atoms with van der Waals surface area (Å²) < 4.78 is 0. The van der Waals surface area contributed by atoms with Gasteiger partial charge >= 0.3 is 0 Å². The first-order valence-corrected chi connectivity index (χ1v) is 7.10. The molecule has 19 heavy (non-hydrogen) atoms. The van der Waals surface area contributed by atoms with Gasteiger partial charge in [-0.1, -0.05) is 45.4 Å². The summed E-state index contributed by atoms with van der Waals surface area (Å²) in [7, 11) is 0. The summed E-state index contributed by atoms with van der Waals surface area (Å²) >= 11 is 0. The third kappa shape index (κ3) is 3.79. The molecule has 1 aromatic rings. The average molecular weight is 257 g/mol. The zero-order valence-electron chi connectivity index (χ0n) is 13.3. The molecule has 0 amide bonds. The van der Waals surface area contributed by atoms with Crippen molar-refractivity contribution in [3.63, 3.8) is 0 Å². The van der Waals surface area contributed by atoms with E-state index in [1.165, 1.54) is 22.4 Å². The molecule has 0 fully saturated rings. The zero-order valence-corrected chi connectivity index (χ0v) is 13.3. The third-order valence-electron chi connectivity index (χ3n) is 3.88. The Kier molecular flexibility index (Phi) is 5.11. The maximum Gasteiger partial charge on any atom is 0.0631 e. The molecule has 0 heterocycles. The van der Waals surface area contributed by atoms with Crippen molar-refractivity contribution in [2.24, 2.45) is 4.99 Å². The van der Waals surface area contributed by atoms with Crippen LogP contribution in [0.25, 0.3) is 0 Å². The van der Waals surface area contributed by atoms with Gasteiger partial charge in [0.25, 0.3) is 0 Å². The SMILES string of the molecule is C=C(C)C(C)(C)c1ccc(N=C(C)CCC)cc1C. The van der Waals surface area contributed by atoms with Crippen molar-refractivity contribution in [1.29, 1.82) is 0 Å². The molecular formula is C18H27N. The van der Waals surface area contributed by atoms with E-state index >= 15 is 0 Å². The van der Waals surface area contributed by atoms with E-state index in [-0.39, 0.29) is 5.41 Å². The molecule has 0 atom stereocenters. The lowest BCUT2D eigenvalue weighted by Gasteiger charge is -2.27. The predicted octanol–water partition coefficient (Wildman–Crippen LogP) is 5.74. The smallest absolute Gasteiger partial charge is 0.0631 e. The molecule has 0 aliphatic heterocycles. The highest BCUT2D eigenvalue weighted by Gasteiger charge is 2.23. The fourth-order valence-corrected chi connectivity index (χ4v) is 2.29. The Bertz CT molecular complexity index is 492. The minimum absolute atomic E-state index is 0.0186. The molecule has 0 aliphatic rings. The van der Waals surface area contributed by atoms with E-state index in [0.717, 1.165) is 18.5 Å². The first-order valence-electron chi connectivity index (χ1n) is 7.10. The van der Waals surface area contributed by atoms with Gasteiger partial charge in [0.15, 0.2) is 0 Å². The predicted molar refractivity (Wildman–Crippen MR) is 86.7 cm³/mol. The van der Waals surface area contributed by atoms with Gasteiger partial charge in [0, 0.05) is 11.1 Å². The monoisotopic (exact) mass is 257 g/mol. The van der Waals surface area contributed by atoms with Gasteiger partial charge in [-0.25, -0.2) is 0 Å². The van der Waals surface area contributed by atoms with Crippen molar-refractivity contribution < 1.29 is 0 Å². The summed E-state index contributed by atoms with van der Waals surface area (Å²) in [6, 6.07) is 6.49. The molecule has 0 aromatic heterocycles. The van der Waals surface area contributed by atoms with Crippen LogP contribution in [0, 0.1) is 6.92 Å². The van der Waals surface area contributed by atoms with Crippen molar-refractivity contribution in [2.45, 2.75) is 59.8 Å². The van der Waals surface area contributed by atoms with Crippen LogP contribution in [-0.2, 0) is 5.41 Å². The fraction of sp³-hybridized carbons (Fsp3) is 0.500. The Hall–Kier alpha value is -1.37. The molecule has 0 bridgehead atoms. The molecule has 0 unspecified atom stereocenters. The van der Waals surface area contributed by atoms with Crippen LogP contribution in [0.5, 0.6) is 0 Å². The van der Waals surface area contributed by atoms with Crippen LogP contribution in [0.1, 0.15) is 58.6 Å². The Morgan fingerprint density at radius 1 is 1.26 bits per heavy atom. The molecule has 1 aromatic carbocycles. The van der Waals surface area contributed by atoms with Gasteiger partial charge in [0.2, 0.25) is 0 Å². The van der Waals surface area contributed by atoms with Crippen LogP contribution in [0.15, 0.2) is 35.3 Å². The molecule has 0 saturated carbocycles. The summed E-state index contributed by atoms with van der Waals surface area (Å²) in [5, 5.41) is 0. The Morgan fingerprint density at radius 2 is 1.89 bits per heavy atom. The number of hydrogen-bond acceptors (Lipinski definition) is 1. The molecule has 0 saturated heterocycles. The van der Waals surface area contributed by atoms with Gasteiger partial charge in [0.05, 0.1) is 5.69 Å². The summed E-state index contributed by atoms with van der Waals surface area (Å²) in [5.74, 6) is 0. The molecular weight excluding hydrogens is 230 g/mol. The molecule has 1 nitrogen and oxygen atoms in total. The lowest BCUT2D eigenvalue weighted by Crippen LogP contribution is -2.19. The van der Waals surface area contributed by atoms with E-state index < -0.39 is 0 Å². The highest BCUT2D eigenvalue weighted by atomic mass is 14.7. The lowest BCUT2D eigenvalue weighted by atomic mass is 9.77. The zero-order chi connectivity index (χ0) is 14.6. The number of aliphatic imine (C=N–C) groups is 1. The summed E-state index contributed by atoms with van der Waals surface area (Å²) in [5.41, 5.74) is 6.10. The van der Waals surface area contributed by atoms with Gasteiger partial charge in [-0.05, 0) is 50.5 Å².